The number of carbonyl (C=O) groups is 1. The minimum absolute atomic E-state index is 1.90. The molecule has 0 aliphatic carbocycles. The number of aliphatic carboxylic acids is 1. The fourth-order valence-electron chi connectivity index (χ4n) is 0.176. The van der Waals surface area contributed by atoms with Crippen molar-refractivity contribution >= 4 is 5.97 Å². The summed E-state index contributed by atoms with van der Waals surface area (Å²) in [6, 6.07) is -2.40. The van der Waals surface area contributed by atoms with E-state index in [1.807, 2.05) is 0 Å². The molecular formula is C6H13NO2. The molecule has 0 fully saturated rings. The van der Waals surface area contributed by atoms with Gasteiger partial charge >= 0.3 is 5.97 Å². The third kappa shape index (κ3) is 3.97. The van der Waals surface area contributed by atoms with Gasteiger partial charge < -0.3 is 10.8 Å². The quantitative estimate of drug-likeness (QED) is 0.600. The molecule has 3 nitrogen and oxygen atoms in total. The SMILES string of the molecule is [2H]C([2H])([2H])C([2H])([2H])C([2H])([2H])C([2H])([2H])[C@H](N)C(=O)O. The van der Waals surface area contributed by atoms with Gasteiger partial charge in [0.25, 0.3) is 0 Å². The topological polar surface area (TPSA) is 63.3 Å². The number of carboxylic acids is 1. The Hall–Kier alpha value is -0.570. The number of hydrogen-bond donors (Lipinski definition) is 2. The molecule has 9 heavy (non-hydrogen) atoms. The van der Waals surface area contributed by atoms with Gasteiger partial charge in [-0.15, -0.1) is 0 Å². The summed E-state index contributed by atoms with van der Waals surface area (Å²) in [6.45, 7) is -3.47. The minimum Gasteiger partial charge on any atom is -0.480 e. The summed E-state index contributed by atoms with van der Waals surface area (Å²) in [6.07, 6.45) is -10.6. The van der Waals surface area contributed by atoms with Crippen LogP contribution in [0.5, 0.6) is 0 Å². The third-order valence-electron chi connectivity index (χ3n) is 0.556. The fraction of sp³-hybridized carbons (Fsp3) is 0.833. The van der Waals surface area contributed by atoms with Crippen LogP contribution in [0.1, 0.15) is 38.3 Å². The lowest BCUT2D eigenvalue weighted by Gasteiger charge is -2.02. The summed E-state index contributed by atoms with van der Waals surface area (Å²) in [5.74, 6) is -1.90. The van der Waals surface area contributed by atoms with Crippen molar-refractivity contribution in [2.45, 2.75) is 32.0 Å². The molecule has 0 unspecified atom stereocenters. The Bertz CT molecular complexity index is 336. The first-order chi connectivity index (χ1) is 7.60. The lowest BCUT2D eigenvalue weighted by molar-refractivity contribution is -0.138. The highest BCUT2D eigenvalue weighted by Gasteiger charge is 2.08. The summed E-state index contributed by atoms with van der Waals surface area (Å²) in [5.41, 5.74) is 4.96. The second-order valence-corrected chi connectivity index (χ2v) is 1.21. The van der Waals surface area contributed by atoms with Crippen LogP contribution in [0, 0.1) is 0 Å². The molecule has 3 heteroatoms. The molecule has 0 bridgehead atoms. The molecular weight excluding hydrogens is 118 g/mol. The highest BCUT2D eigenvalue weighted by molar-refractivity contribution is 5.72. The second-order valence-electron chi connectivity index (χ2n) is 1.21. The monoisotopic (exact) mass is 140 g/mol. The molecule has 0 aromatic heterocycles. The van der Waals surface area contributed by atoms with E-state index in [4.69, 9.17) is 23.2 Å². The number of rotatable bonds is 4. The lowest BCUT2D eigenvalue weighted by atomic mass is 10.1. The Morgan fingerprint density at radius 2 is 2.78 bits per heavy atom. The Morgan fingerprint density at radius 3 is 3.22 bits per heavy atom. The molecule has 0 aromatic rings. The van der Waals surface area contributed by atoms with Crippen LogP contribution < -0.4 is 5.73 Å². The maximum atomic E-state index is 10.6. The zero-order valence-electron chi connectivity index (χ0n) is 13.5. The van der Waals surface area contributed by atoms with E-state index in [0.29, 0.717) is 0 Å². The molecule has 1 atom stereocenters. The zero-order chi connectivity index (χ0) is 15.2. The van der Waals surface area contributed by atoms with Crippen LogP contribution >= 0.6 is 0 Å². The van der Waals surface area contributed by atoms with Gasteiger partial charge in [0.1, 0.15) is 6.04 Å². The molecule has 0 spiro atoms. The maximum absolute atomic E-state index is 10.6. The Balaban J connectivity index is 5.71. The van der Waals surface area contributed by atoms with E-state index >= 15 is 0 Å². The first kappa shape index (κ1) is 1.72. The summed E-state index contributed by atoms with van der Waals surface area (Å²) in [7, 11) is 0. The largest absolute Gasteiger partial charge is 0.480 e. The second kappa shape index (κ2) is 4.32. The van der Waals surface area contributed by atoms with Crippen LogP contribution in [0.4, 0.5) is 0 Å². The molecule has 0 radical (unpaired) electrons. The van der Waals surface area contributed by atoms with Crippen LogP contribution in [-0.4, -0.2) is 17.1 Å². The maximum Gasteiger partial charge on any atom is 0.320 e. The summed E-state index contributed by atoms with van der Waals surface area (Å²) >= 11 is 0. The van der Waals surface area contributed by atoms with E-state index in [0.717, 1.165) is 0 Å². The van der Waals surface area contributed by atoms with E-state index in [1.54, 1.807) is 0 Å². The van der Waals surface area contributed by atoms with E-state index in [1.165, 1.54) is 0 Å². The van der Waals surface area contributed by atoms with Gasteiger partial charge in [0.15, 0.2) is 0 Å². The van der Waals surface area contributed by atoms with Crippen molar-refractivity contribution in [2.75, 3.05) is 0 Å². The van der Waals surface area contributed by atoms with Crippen LogP contribution in [0.2, 0.25) is 0 Å². The molecule has 0 aliphatic rings. The predicted molar refractivity (Wildman–Crippen MR) is 35.1 cm³/mol. The molecule has 0 heterocycles. The molecule has 0 saturated carbocycles. The minimum atomic E-state index is -3.62. The van der Waals surface area contributed by atoms with Crippen molar-refractivity contribution in [1.29, 1.82) is 0 Å². The van der Waals surface area contributed by atoms with Crippen molar-refractivity contribution < 1.29 is 22.2 Å². The molecule has 3 N–H and O–H groups in total. The fourth-order valence-corrected chi connectivity index (χ4v) is 0.176. The van der Waals surface area contributed by atoms with Crippen LogP contribution in [0.25, 0.3) is 0 Å². The molecule has 0 rings (SSSR count). The zero-order valence-corrected chi connectivity index (χ0v) is 4.51. The average Bonchev–Trinajstić information content (AvgIpc) is 2.13. The van der Waals surface area contributed by atoms with Crippen LogP contribution in [0.15, 0.2) is 0 Å². The molecule has 0 amide bonds. The average molecular weight is 140 g/mol. The van der Waals surface area contributed by atoms with Gasteiger partial charge in [-0.25, -0.2) is 0 Å². The normalized spacial score (nSPS) is 34.1. The van der Waals surface area contributed by atoms with Gasteiger partial charge in [-0.2, -0.15) is 0 Å². The first-order valence-corrected chi connectivity index (χ1v) is 2.09. The summed E-state index contributed by atoms with van der Waals surface area (Å²) in [5, 5.41) is 8.55. The van der Waals surface area contributed by atoms with Crippen molar-refractivity contribution in [1.82, 2.24) is 0 Å². The highest BCUT2D eigenvalue weighted by Crippen LogP contribution is 1.96. The van der Waals surface area contributed by atoms with Crippen LogP contribution in [-0.2, 0) is 4.79 Å². The Morgan fingerprint density at radius 1 is 2.11 bits per heavy atom. The molecule has 54 valence electrons. The van der Waals surface area contributed by atoms with E-state index in [9.17, 15) is 4.79 Å². The molecule has 0 aliphatic heterocycles. The van der Waals surface area contributed by atoms with Crippen molar-refractivity contribution in [3.63, 3.8) is 0 Å². The number of carboxylic acid groups (broad SMARTS) is 1. The smallest absolute Gasteiger partial charge is 0.320 e. The van der Waals surface area contributed by atoms with Gasteiger partial charge in [0, 0.05) is 12.3 Å². The van der Waals surface area contributed by atoms with Crippen molar-refractivity contribution in [3.05, 3.63) is 0 Å². The number of nitrogens with two attached hydrogens (primary N) is 1. The van der Waals surface area contributed by atoms with Crippen LogP contribution in [0.3, 0.4) is 0 Å². The van der Waals surface area contributed by atoms with E-state index in [-0.39, 0.29) is 0 Å². The Kier molecular flexibility index (Phi) is 0.828. The van der Waals surface area contributed by atoms with Gasteiger partial charge in [0.05, 0.1) is 0 Å². The first-order valence-electron chi connectivity index (χ1n) is 6.59. The van der Waals surface area contributed by atoms with Gasteiger partial charge in [-0.1, -0.05) is 19.6 Å². The highest BCUT2D eigenvalue weighted by atomic mass is 16.4. The number of hydrogen-bond acceptors (Lipinski definition) is 2. The van der Waals surface area contributed by atoms with Crippen molar-refractivity contribution in [3.8, 4) is 0 Å². The van der Waals surface area contributed by atoms with Crippen molar-refractivity contribution in [2.24, 2.45) is 5.73 Å². The Labute approximate surface area is 67.5 Å². The molecule has 0 aromatic carbocycles. The standard InChI is InChI=1S/C6H13NO2/c1-2-3-4-5(7)6(8)9/h5H,2-4,7H2,1H3,(H,8,9)/t5-/m0/s1/i1D3,2D2,3D2,4D2. The lowest BCUT2D eigenvalue weighted by Crippen LogP contribution is -2.29. The summed E-state index contributed by atoms with van der Waals surface area (Å²) in [4.78, 5) is 10.6. The molecule has 0 saturated heterocycles. The summed E-state index contributed by atoms with van der Waals surface area (Å²) < 4.78 is 64.3. The van der Waals surface area contributed by atoms with Gasteiger partial charge in [-0.05, 0) is 6.37 Å². The van der Waals surface area contributed by atoms with Gasteiger partial charge in [-0.3, -0.25) is 4.79 Å². The van der Waals surface area contributed by atoms with E-state index < -0.39 is 38.0 Å². The van der Waals surface area contributed by atoms with Gasteiger partial charge in [0.2, 0.25) is 0 Å². The third-order valence-corrected chi connectivity index (χ3v) is 0.556. The predicted octanol–water partition coefficient (Wildman–Crippen LogP) is 0.588. The van der Waals surface area contributed by atoms with E-state index in [2.05, 4.69) is 0 Å².